The Hall–Kier alpha value is -4.48. The fraction of sp³-hybridized carbons (Fsp3) is 0.296. The summed E-state index contributed by atoms with van der Waals surface area (Å²) in [5.41, 5.74) is 4.77. The van der Waals surface area contributed by atoms with E-state index in [0.717, 1.165) is 18.9 Å². The SMILES string of the molecule is CN=C(Nc1cncc(OC2CC2)n1)C(=CN)c1ccc(-c2ccc(C3(C(=O)O)CC3)c(C(F)(F)F)c2)cn1. The van der Waals surface area contributed by atoms with E-state index in [9.17, 15) is 23.1 Å². The molecule has 39 heavy (non-hydrogen) atoms. The molecular weight excluding hydrogens is 513 g/mol. The Labute approximate surface area is 221 Å². The first-order chi connectivity index (χ1) is 18.6. The minimum Gasteiger partial charge on any atom is -0.481 e. The zero-order valence-corrected chi connectivity index (χ0v) is 20.9. The van der Waals surface area contributed by atoms with E-state index in [2.05, 4.69) is 25.3 Å². The van der Waals surface area contributed by atoms with Gasteiger partial charge in [-0.1, -0.05) is 18.2 Å². The second-order valence-corrected chi connectivity index (χ2v) is 9.41. The van der Waals surface area contributed by atoms with Gasteiger partial charge in [0.2, 0.25) is 5.88 Å². The number of carbonyl (C=O) groups is 1. The van der Waals surface area contributed by atoms with Crippen molar-refractivity contribution in [3.05, 3.63) is 71.9 Å². The molecule has 0 unspecified atom stereocenters. The molecule has 1 aromatic carbocycles. The van der Waals surface area contributed by atoms with Gasteiger partial charge in [-0.05, 0) is 48.9 Å². The summed E-state index contributed by atoms with van der Waals surface area (Å²) in [5.74, 6) is -0.121. The number of nitrogens with zero attached hydrogens (tertiary/aromatic N) is 4. The van der Waals surface area contributed by atoms with Crippen LogP contribution in [0.3, 0.4) is 0 Å². The maximum atomic E-state index is 13.9. The number of nitrogens with one attached hydrogen (secondary N) is 1. The smallest absolute Gasteiger partial charge is 0.416 e. The van der Waals surface area contributed by atoms with Crippen LogP contribution in [0, 0.1) is 0 Å². The number of carboxylic acid groups (broad SMARTS) is 1. The fourth-order valence-electron chi connectivity index (χ4n) is 4.30. The van der Waals surface area contributed by atoms with E-state index in [0.29, 0.717) is 34.4 Å². The molecule has 0 aliphatic heterocycles. The van der Waals surface area contributed by atoms with Crippen molar-refractivity contribution in [3.63, 3.8) is 0 Å². The lowest BCUT2D eigenvalue weighted by Crippen LogP contribution is -2.24. The van der Waals surface area contributed by atoms with Crippen LogP contribution in [0.5, 0.6) is 5.88 Å². The van der Waals surface area contributed by atoms with Crippen molar-refractivity contribution in [1.29, 1.82) is 0 Å². The van der Waals surface area contributed by atoms with Gasteiger partial charge < -0.3 is 20.9 Å². The first-order valence-corrected chi connectivity index (χ1v) is 12.2. The number of ether oxygens (including phenoxy) is 1. The van der Waals surface area contributed by atoms with E-state index in [4.69, 9.17) is 10.5 Å². The summed E-state index contributed by atoms with van der Waals surface area (Å²) < 4.78 is 47.4. The second-order valence-electron chi connectivity index (χ2n) is 9.41. The number of rotatable bonds is 8. The largest absolute Gasteiger partial charge is 0.481 e. The topological polar surface area (TPSA) is 136 Å². The highest BCUT2D eigenvalue weighted by Gasteiger charge is 2.55. The number of halogens is 3. The fourth-order valence-corrected chi connectivity index (χ4v) is 4.30. The second kappa shape index (κ2) is 10.0. The van der Waals surface area contributed by atoms with Crippen LogP contribution in [0.25, 0.3) is 16.7 Å². The number of aromatic nitrogens is 3. The number of aliphatic imine (C=N–C) groups is 1. The monoisotopic (exact) mass is 538 g/mol. The van der Waals surface area contributed by atoms with Gasteiger partial charge in [-0.15, -0.1) is 0 Å². The maximum absolute atomic E-state index is 13.9. The molecule has 0 saturated heterocycles. The number of anilines is 1. The Bertz CT molecular complexity index is 1460. The molecule has 5 rings (SSSR count). The quantitative estimate of drug-likeness (QED) is 0.279. The van der Waals surface area contributed by atoms with Gasteiger partial charge in [-0.3, -0.25) is 19.8 Å². The summed E-state index contributed by atoms with van der Waals surface area (Å²) in [4.78, 5) is 28.8. The number of hydrogen-bond acceptors (Lipinski definition) is 7. The van der Waals surface area contributed by atoms with Crippen molar-refractivity contribution in [2.75, 3.05) is 12.4 Å². The maximum Gasteiger partial charge on any atom is 0.416 e. The highest BCUT2D eigenvalue weighted by atomic mass is 19.4. The molecule has 0 spiro atoms. The van der Waals surface area contributed by atoms with E-state index in [1.54, 1.807) is 19.2 Å². The summed E-state index contributed by atoms with van der Waals surface area (Å²) in [5, 5.41) is 12.6. The number of benzene rings is 1. The molecule has 2 heterocycles. The van der Waals surface area contributed by atoms with Crippen LogP contribution in [-0.4, -0.2) is 45.0 Å². The molecule has 0 amide bonds. The molecule has 0 bridgehead atoms. The summed E-state index contributed by atoms with van der Waals surface area (Å²) in [6.45, 7) is 0. The summed E-state index contributed by atoms with van der Waals surface area (Å²) in [6.07, 6.45) is 3.53. The Morgan fingerprint density at radius 2 is 1.92 bits per heavy atom. The number of aliphatic carboxylic acids is 1. The molecule has 2 aliphatic carbocycles. The number of hydrogen-bond donors (Lipinski definition) is 3. The molecule has 3 aromatic rings. The van der Waals surface area contributed by atoms with Crippen molar-refractivity contribution < 1.29 is 27.8 Å². The molecule has 0 atom stereocenters. The lowest BCUT2D eigenvalue weighted by atomic mass is 9.88. The van der Waals surface area contributed by atoms with Crippen LogP contribution in [0.2, 0.25) is 0 Å². The third-order valence-corrected chi connectivity index (χ3v) is 6.69. The van der Waals surface area contributed by atoms with E-state index in [-0.39, 0.29) is 30.1 Å². The number of nitrogens with two attached hydrogens (primary N) is 1. The molecule has 0 radical (unpaired) electrons. The predicted molar refractivity (Wildman–Crippen MR) is 138 cm³/mol. The van der Waals surface area contributed by atoms with Gasteiger partial charge in [0.05, 0.1) is 34.6 Å². The lowest BCUT2D eigenvalue weighted by Gasteiger charge is -2.19. The van der Waals surface area contributed by atoms with Gasteiger partial charge in [-0.2, -0.15) is 18.2 Å². The molecule has 2 aliphatic rings. The lowest BCUT2D eigenvalue weighted by molar-refractivity contribution is -0.142. The van der Waals surface area contributed by atoms with Crippen molar-refractivity contribution in [2.24, 2.45) is 10.7 Å². The average molecular weight is 539 g/mol. The number of alkyl halides is 3. The number of pyridine rings is 1. The third-order valence-electron chi connectivity index (χ3n) is 6.69. The van der Waals surface area contributed by atoms with Crippen molar-refractivity contribution in [1.82, 2.24) is 15.0 Å². The number of amidine groups is 1. The Morgan fingerprint density at radius 3 is 2.49 bits per heavy atom. The highest BCUT2D eigenvalue weighted by molar-refractivity contribution is 6.27. The first kappa shape index (κ1) is 26.1. The van der Waals surface area contributed by atoms with Crippen LogP contribution < -0.4 is 15.8 Å². The molecule has 2 aromatic heterocycles. The van der Waals surface area contributed by atoms with Crippen LogP contribution in [0.4, 0.5) is 19.0 Å². The Morgan fingerprint density at radius 1 is 1.18 bits per heavy atom. The Kier molecular flexibility index (Phi) is 6.71. The van der Waals surface area contributed by atoms with Crippen LogP contribution in [0.1, 0.15) is 42.5 Å². The molecular formula is C27H25F3N6O3. The van der Waals surface area contributed by atoms with Crippen LogP contribution in [0.15, 0.2) is 60.1 Å². The van der Waals surface area contributed by atoms with E-state index >= 15 is 0 Å². The van der Waals surface area contributed by atoms with E-state index < -0.39 is 23.1 Å². The third kappa shape index (κ3) is 5.40. The first-order valence-electron chi connectivity index (χ1n) is 12.2. The minimum atomic E-state index is -4.71. The van der Waals surface area contributed by atoms with Gasteiger partial charge >= 0.3 is 12.1 Å². The molecule has 202 valence electrons. The summed E-state index contributed by atoms with van der Waals surface area (Å²) in [6, 6.07) is 6.94. The zero-order valence-electron chi connectivity index (χ0n) is 20.9. The van der Waals surface area contributed by atoms with Crippen molar-refractivity contribution in [2.45, 2.75) is 43.4 Å². The van der Waals surface area contributed by atoms with Crippen molar-refractivity contribution >= 4 is 23.2 Å². The van der Waals surface area contributed by atoms with Crippen LogP contribution >= 0.6 is 0 Å². The normalized spacial score (nSPS) is 17.0. The van der Waals surface area contributed by atoms with Gasteiger partial charge in [0, 0.05) is 25.0 Å². The molecule has 4 N–H and O–H groups in total. The molecule has 2 saturated carbocycles. The number of carboxylic acids is 1. The van der Waals surface area contributed by atoms with Gasteiger partial charge in [-0.25, -0.2) is 0 Å². The van der Waals surface area contributed by atoms with Crippen LogP contribution in [-0.2, 0) is 16.4 Å². The predicted octanol–water partition coefficient (Wildman–Crippen LogP) is 4.65. The van der Waals surface area contributed by atoms with Gasteiger partial charge in [0.15, 0.2) is 5.82 Å². The van der Waals surface area contributed by atoms with E-state index in [1.807, 2.05) is 0 Å². The molecule has 12 heteroatoms. The highest BCUT2D eigenvalue weighted by Crippen LogP contribution is 2.52. The summed E-state index contributed by atoms with van der Waals surface area (Å²) >= 11 is 0. The van der Waals surface area contributed by atoms with E-state index in [1.165, 1.54) is 36.9 Å². The molecule has 2 fully saturated rings. The standard InChI is InChI=1S/C27H25F3N6O3/c1-32-24(36-22-13-33-14-23(35-22)39-17-4-5-17)18(11-31)21-7-3-16(12-34-21)15-2-6-19(20(10-15)27(28,29)30)26(8-9-26)25(37)38/h2-3,6-7,10-14,17H,4-5,8-9,31H2,1H3,(H,37,38)(H,32,35,36). The van der Waals surface area contributed by atoms with Crippen molar-refractivity contribution in [3.8, 4) is 17.0 Å². The van der Waals surface area contributed by atoms with Gasteiger partial charge in [0.25, 0.3) is 0 Å². The average Bonchev–Trinajstić information content (AvgIpc) is 3.84. The summed E-state index contributed by atoms with van der Waals surface area (Å²) in [7, 11) is 1.56. The van der Waals surface area contributed by atoms with Gasteiger partial charge in [0.1, 0.15) is 11.9 Å². The Balaban J connectivity index is 1.39. The zero-order chi connectivity index (χ0) is 27.8. The minimum absolute atomic E-state index is 0.159. The molecule has 9 nitrogen and oxygen atoms in total.